The first kappa shape index (κ1) is 8.02. The SMILES string of the molecule is CC1(C2=CC=C[C@H](O)[C@@H]2O)CC1. The van der Waals surface area contributed by atoms with Gasteiger partial charge in [0.2, 0.25) is 0 Å². The van der Waals surface area contributed by atoms with E-state index in [1.165, 1.54) is 0 Å². The molecule has 0 aromatic carbocycles. The van der Waals surface area contributed by atoms with Gasteiger partial charge in [0.25, 0.3) is 0 Å². The van der Waals surface area contributed by atoms with Crippen molar-refractivity contribution < 1.29 is 10.2 Å². The molecule has 0 aromatic heterocycles. The second-order valence-corrected chi connectivity index (χ2v) is 4.00. The zero-order valence-electron chi connectivity index (χ0n) is 7.20. The summed E-state index contributed by atoms with van der Waals surface area (Å²) >= 11 is 0. The van der Waals surface area contributed by atoms with Gasteiger partial charge in [0.1, 0.15) is 12.2 Å². The quantitative estimate of drug-likeness (QED) is 0.610. The van der Waals surface area contributed by atoms with Crippen molar-refractivity contribution in [1.29, 1.82) is 0 Å². The molecule has 2 aliphatic carbocycles. The molecule has 2 rings (SSSR count). The number of hydrogen-bond acceptors (Lipinski definition) is 2. The third kappa shape index (κ3) is 1.11. The number of aliphatic hydroxyl groups is 2. The topological polar surface area (TPSA) is 40.5 Å². The molecular formula is C10H14O2. The Morgan fingerprint density at radius 1 is 1.42 bits per heavy atom. The lowest BCUT2D eigenvalue weighted by Gasteiger charge is -2.25. The van der Waals surface area contributed by atoms with Gasteiger partial charge in [-0.25, -0.2) is 0 Å². The van der Waals surface area contributed by atoms with Crippen LogP contribution in [0.2, 0.25) is 0 Å². The van der Waals surface area contributed by atoms with Crippen LogP contribution < -0.4 is 0 Å². The highest BCUT2D eigenvalue weighted by Crippen LogP contribution is 2.53. The Kier molecular flexibility index (Phi) is 1.63. The van der Waals surface area contributed by atoms with Crippen LogP contribution in [-0.2, 0) is 0 Å². The Bertz CT molecular complexity index is 249. The van der Waals surface area contributed by atoms with Crippen molar-refractivity contribution in [3.63, 3.8) is 0 Å². The van der Waals surface area contributed by atoms with Gasteiger partial charge in [0.05, 0.1) is 0 Å². The molecule has 12 heavy (non-hydrogen) atoms. The molecular weight excluding hydrogens is 152 g/mol. The van der Waals surface area contributed by atoms with Gasteiger partial charge in [-0.15, -0.1) is 0 Å². The van der Waals surface area contributed by atoms with Crippen LogP contribution in [0.15, 0.2) is 23.8 Å². The predicted octanol–water partition coefficient (Wildman–Crippen LogP) is 1.00. The minimum atomic E-state index is -0.706. The average molecular weight is 166 g/mol. The third-order valence-electron chi connectivity index (χ3n) is 2.92. The van der Waals surface area contributed by atoms with Gasteiger partial charge in [-0.3, -0.25) is 0 Å². The molecule has 2 nitrogen and oxygen atoms in total. The lowest BCUT2D eigenvalue weighted by Crippen LogP contribution is -2.31. The monoisotopic (exact) mass is 166 g/mol. The molecule has 0 unspecified atom stereocenters. The highest BCUT2D eigenvalue weighted by atomic mass is 16.3. The predicted molar refractivity (Wildman–Crippen MR) is 46.6 cm³/mol. The van der Waals surface area contributed by atoms with Gasteiger partial charge >= 0.3 is 0 Å². The van der Waals surface area contributed by atoms with Crippen LogP contribution in [0.3, 0.4) is 0 Å². The molecule has 2 atom stereocenters. The van der Waals surface area contributed by atoms with E-state index >= 15 is 0 Å². The Balaban J connectivity index is 2.24. The van der Waals surface area contributed by atoms with Crippen LogP contribution in [0.1, 0.15) is 19.8 Å². The van der Waals surface area contributed by atoms with E-state index in [-0.39, 0.29) is 5.41 Å². The molecule has 0 bridgehead atoms. The van der Waals surface area contributed by atoms with Crippen LogP contribution >= 0.6 is 0 Å². The average Bonchev–Trinajstić information content (AvgIpc) is 2.75. The second kappa shape index (κ2) is 2.44. The molecule has 1 saturated carbocycles. The molecule has 0 saturated heterocycles. The summed E-state index contributed by atoms with van der Waals surface area (Å²) in [6.45, 7) is 2.13. The van der Waals surface area contributed by atoms with E-state index in [1.807, 2.05) is 12.2 Å². The molecule has 2 N–H and O–H groups in total. The van der Waals surface area contributed by atoms with Gasteiger partial charge in [0.15, 0.2) is 0 Å². The normalized spacial score (nSPS) is 37.8. The molecule has 0 heterocycles. The molecule has 0 amide bonds. The summed E-state index contributed by atoms with van der Waals surface area (Å²) < 4.78 is 0. The second-order valence-electron chi connectivity index (χ2n) is 4.00. The smallest absolute Gasteiger partial charge is 0.105 e. The van der Waals surface area contributed by atoms with E-state index in [9.17, 15) is 10.2 Å². The van der Waals surface area contributed by atoms with Gasteiger partial charge in [-0.1, -0.05) is 25.2 Å². The number of allylic oxidation sites excluding steroid dienone is 2. The number of hydrogen-bond donors (Lipinski definition) is 2. The molecule has 2 aliphatic rings. The summed E-state index contributed by atoms with van der Waals surface area (Å²) in [5.74, 6) is 0. The fourth-order valence-corrected chi connectivity index (χ4v) is 1.70. The van der Waals surface area contributed by atoms with E-state index in [2.05, 4.69) is 6.92 Å². The molecule has 2 heteroatoms. The maximum absolute atomic E-state index is 9.64. The lowest BCUT2D eigenvalue weighted by atomic mass is 9.87. The van der Waals surface area contributed by atoms with Crippen LogP contribution in [-0.4, -0.2) is 22.4 Å². The van der Waals surface area contributed by atoms with Crippen LogP contribution in [0.5, 0.6) is 0 Å². The van der Waals surface area contributed by atoms with Gasteiger partial charge in [-0.2, -0.15) is 0 Å². The van der Waals surface area contributed by atoms with Crippen molar-refractivity contribution in [2.45, 2.75) is 32.0 Å². The fourth-order valence-electron chi connectivity index (χ4n) is 1.70. The lowest BCUT2D eigenvalue weighted by molar-refractivity contribution is 0.0637. The summed E-state index contributed by atoms with van der Waals surface area (Å²) in [5.41, 5.74) is 1.17. The maximum Gasteiger partial charge on any atom is 0.105 e. The molecule has 0 aliphatic heterocycles. The Morgan fingerprint density at radius 3 is 2.67 bits per heavy atom. The summed E-state index contributed by atoms with van der Waals surface area (Å²) in [6.07, 6.45) is 6.28. The summed E-state index contributed by atoms with van der Waals surface area (Å²) in [5, 5.41) is 19.0. The van der Waals surface area contributed by atoms with Gasteiger partial charge < -0.3 is 10.2 Å². The molecule has 1 fully saturated rings. The third-order valence-corrected chi connectivity index (χ3v) is 2.92. The first-order valence-corrected chi connectivity index (χ1v) is 4.38. The first-order chi connectivity index (χ1) is 5.63. The van der Waals surface area contributed by atoms with Crippen molar-refractivity contribution in [2.24, 2.45) is 5.41 Å². The number of rotatable bonds is 1. The summed E-state index contributed by atoms with van der Waals surface area (Å²) in [4.78, 5) is 0. The zero-order valence-corrected chi connectivity index (χ0v) is 7.20. The Morgan fingerprint density at radius 2 is 2.08 bits per heavy atom. The Labute approximate surface area is 72.2 Å². The minimum Gasteiger partial charge on any atom is -0.386 e. The van der Waals surface area contributed by atoms with E-state index in [1.54, 1.807) is 6.08 Å². The minimum absolute atomic E-state index is 0.172. The summed E-state index contributed by atoms with van der Waals surface area (Å²) in [7, 11) is 0. The van der Waals surface area contributed by atoms with Crippen molar-refractivity contribution >= 4 is 0 Å². The molecule has 0 aromatic rings. The van der Waals surface area contributed by atoms with Gasteiger partial charge in [0, 0.05) is 0 Å². The van der Waals surface area contributed by atoms with Crippen molar-refractivity contribution in [1.82, 2.24) is 0 Å². The van der Waals surface area contributed by atoms with Crippen LogP contribution in [0.25, 0.3) is 0 Å². The zero-order chi connectivity index (χ0) is 8.77. The van der Waals surface area contributed by atoms with Crippen LogP contribution in [0.4, 0.5) is 0 Å². The number of aliphatic hydroxyl groups excluding tert-OH is 2. The van der Waals surface area contributed by atoms with Crippen molar-refractivity contribution in [2.75, 3.05) is 0 Å². The first-order valence-electron chi connectivity index (χ1n) is 4.38. The summed E-state index contributed by atoms with van der Waals surface area (Å²) in [6, 6.07) is 0. The van der Waals surface area contributed by atoms with Gasteiger partial charge in [-0.05, 0) is 23.8 Å². The molecule has 0 spiro atoms. The Hall–Kier alpha value is -0.600. The molecule has 66 valence electrons. The standard InChI is InChI=1S/C10H14O2/c1-10(5-6-10)7-3-2-4-8(11)9(7)12/h2-4,8-9,11-12H,5-6H2,1H3/t8-,9+/m0/s1. The van der Waals surface area contributed by atoms with Crippen molar-refractivity contribution in [3.05, 3.63) is 23.8 Å². The van der Waals surface area contributed by atoms with Crippen LogP contribution in [0, 0.1) is 5.41 Å². The van der Waals surface area contributed by atoms with E-state index < -0.39 is 12.2 Å². The van der Waals surface area contributed by atoms with E-state index in [0.29, 0.717) is 0 Å². The maximum atomic E-state index is 9.64. The van der Waals surface area contributed by atoms with E-state index in [4.69, 9.17) is 0 Å². The fraction of sp³-hybridized carbons (Fsp3) is 0.600. The van der Waals surface area contributed by atoms with Crippen molar-refractivity contribution in [3.8, 4) is 0 Å². The largest absolute Gasteiger partial charge is 0.386 e. The highest BCUT2D eigenvalue weighted by molar-refractivity contribution is 5.33. The highest BCUT2D eigenvalue weighted by Gasteiger charge is 2.44. The molecule has 0 radical (unpaired) electrons. The van der Waals surface area contributed by atoms with E-state index in [0.717, 1.165) is 18.4 Å².